The van der Waals surface area contributed by atoms with Crippen molar-refractivity contribution in [2.75, 3.05) is 13.2 Å². The number of ether oxygens (including phenoxy) is 1. The zero-order valence-corrected chi connectivity index (χ0v) is 40.6. The summed E-state index contributed by atoms with van der Waals surface area (Å²) in [6.07, 6.45) is 61.5. The molecule has 0 heterocycles. The third-order valence-electron chi connectivity index (χ3n) is 12.1. The van der Waals surface area contributed by atoms with Crippen LogP contribution in [0.25, 0.3) is 0 Å². The maximum atomic E-state index is 12.4. The van der Waals surface area contributed by atoms with Crippen LogP contribution in [-0.4, -0.2) is 47.4 Å². The molecule has 0 saturated carbocycles. The summed E-state index contributed by atoms with van der Waals surface area (Å²) in [5.74, 6) is -0.129. The van der Waals surface area contributed by atoms with Crippen LogP contribution in [-0.2, 0) is 14.3 Å². The van der Waals surface area contributed by atoms with Crippen LogP contribution in [0.15, 0.2) is 36.5 Å². The highest BCUT2D eigenvalue weighted by Gasteiger charge is 2.18. The minimum atomic E-state index is -0.862. The molecule has 0 bridgehead atoms. The van der Waals surface area contributed by atoms with Crippen molar-refractivity contribution in [1.82, 2.24) is 5.32 Å². The summed E-state index contributed by atoms with van der Waals surface area (Å²) in [7, 11) is 0. The number of amides is 1. The van der Waals surface area contributed by atoms with E-state index in [1.54, 1.807) is 6.08 Å². The summed E-state index contributed by atoms with van der Waals surface area (Å²) in [6, 6.07) is -0.648. The standard InChI is InChI=1S/C55H103NO5/c1-3-5-7-9-11-13-15-16-17-18-19-20-21-22-23-24-28-31-35-39-43-47-53(58)52(51-57)56-54(59)48-44-40-36-32-29-25-26-30-34-38-42-46-50-61-55(60)49-45-41-37-33-27-14-12-10-8-6-4-2/h10,12,26,30,43,47,52-53,57-58H,3-9,11,13-25,27-29,31-42,44-46,48-51H2,1-2H3,(H,56,59)/b12-10-,30-26-,47-43+. The summed E-state index contributed by atoms with van der Waals surface area (Å²) in [4.78, 5) is 24.4. The van der Waals surface area contributed by atoms with Gasteiger partial charge in [-0.05, 0) is 83.5 Å². The Morgan fingerprint density at radius 2 is 0.787 bits per heavy atom. The Balaban J connectivity index is 3.56. The number of unbranched alkanes of at least 4 members (excludes halogenated alkanes) is 34. The molecule has 0 aliphatic heterocycles. The molecule has 6 nitrogen and oxygen atoms in total. The number of carbonyl (C=O) groups excluding carboxylic acids is 2. The molecular formula is C55H103NO5. The predicted molar refractivity (Wildman–Crippen MR) is 264 cm³/mol. The van der Waals surface area contributed by atoms with Gasteiger partial charge < -0.3 is 20.3 Å². The number of allylic oxidation sites excluding steroid dienone is 5. The van der Waals surface area contributed by atoms with Gasteiger partial charge >= 0.3 is 5.97 Å². The molecule has 0 aliphatic carbocycles. The Hall–Kier alpha value is -1.92. The number of aliphatic hydroxyl groups is 2. The van der Waals surface area contributed by atoms with Gasteiger partial charge in [0.15, 0.2) is 0 Å². The fourth-order valence-electron chi connectivity index (χ4n) is 7.96. The van der Waals surface area contributed by atoms with E-state index in [0.717, 1.165) is 83.5 Å². The Labute approximate surface area is 379 Å². The van der Waals surface area contributed by atoms with Crippen molar-refractivity contribution in [2.24, 2.45) is 0 Å². The van der Waals surface area contributed by atoms with Gasteiger partial charge in [-0.3, -0.25) is 9.59 Å². The lowest BCUT2D eigenvalue weighted by atomic mass is 10.0. The maximum Gasteiger partial charge on any atom is 0.305 e. The Bertz CT molecular complexity index is 993. The van der Waals surface area contributed by atoms with Crippen molar-refractivity contribution < 1.29 is 24.5 Å². The van der Waals surface area contributed by atoms with Gasteiger partial charge in [0.1, 0.15) is 0 Å². The van der Waals surface area contributed by atoms with E-state index in [-0.39, 0.29) is 18.5 Å². The molecule has 0 radical (unpaired) electrons. The van der Waals surface area contributed by atoms with Gasteiger partial charge in [0.05, 0.1) is 25.4 Å². The molecule has 0 rings (SSSR count). The van der Waals surface area contributed by atoms with E-state index >= 15 is 0 Å². The molecule has 0 fully saturated rings. The second-order valence-electron chi connectivity index (χ2n) is 18.2. The number of hydrogen-bond acceptors (Lipinski definition) is 5. The number of aliphatic hydroxyl groups excluding tert-OH is 2. The van der Waals surface area contributed by atoms with Gasteiger partial charge in [-0.2, -0.15) is 0 Å². The Morgan fingerprint density at radius 3 is 1.21 bits per heavy atom. The monoisotopic (exact) mass is 858 g/mol. The molecule has 0 aromatic heterocycles. The van der Waals surface area contributed by atoms with Crippen LogP contribution in [0.5, 0.6) is 0 Å². The number of esters is 1. The van der Waals surface area contributed by atoms with E-state index in [0.29, 0.717) is 19.4 Å². The molecule has 0 saturated heterocycles. The molecule has 6 heteroatoms. The third-order valence-corrected chi connectivity index (χ3v) is 12.1. The zero-order chi connectivity index (χ0) is 44.4. The second kappa shape index (κ2) is 50.7. The summed E-state index contributed by atoms with van der Waals surface area (Å²) in [5, 5.41) is 23.1. The van der Waals surface area contributed by atoms with E-state index in [2.05, 4.69) is 43.5 Å². The van der Waals surface area contributed by atoms with Crippen LogP contribution in [0.4, 0.5) is 0 Å². The van der Waals surface area contributed by atoms with Crippen molar-refractivity contribution in [3.63, 3.8) is 0 Å². The second-order valence-corrected chi connectivity index (χ2v) is 18.2. The number of rotatable bonds is 49. The molecule has 2 unspecified atom stereocenters. The first-order valence-electron chi connectivity index (χ1n) is 26.8. The highest BCUT2D eigenvalue weighted by atomic mass is 16.5. The summed E-state index contributed by atoms with van der Waals surface area (Å²) >= 11 is 0. The molecule has 2 atom stereocenters. The summed E-state index contributed by atoms with van der Waals surface area (Å²) in [5.41, 5.74) is 0. The highest BCUT2D eigenvalue weighted by molar-refractivity contribution is 5.76. The molecule has 0 aromatic carbocycles. The van der Waals surface area contributed by atoms with Crippen LogP contribution < -0.4 is 5.32 Å². The fourth-order valence-corrected chi connectivity index (χ4v) is 7.96. The van der Waals surface area contributed by atoms with E-state index in [9.17, 15) is 19.8 Å². The van der Waals surface area contributed by atoms with E-state index < -0.39 is 12.1 Å². The van der Waals surface area contributed by atoms with Crippen molar-refractivity contribution >= 4 is 11.9 Å². The Kier molecular flexibility index (Phi) is 49.1. The van der Waals surface area contributed by atoms with Gasteiger partial charge in [-0.25, -0.2) is 0 Å². The smallest absolute Gasteiger partial charge is 0.305 e. The molecule has 0 spiro atoms. The van der Waals surface area contributed by atoms with Gasteiger partial charge in [0.25, 0.3) is 0 Å². The largest absolute Gasteiger partial charge is 0.466 e. The van der Waals surface area contributed by atoms with Crippen LogP contribution in [0.2, 0.25) is 0 Å². The zero-order valence-electron chi connectivity index (χ0n) is 40.6. The Morgan fingerprint density at radius 1 is 0.443 bits per heavy atom. The van der Waals surface area contributed by atoms with Crippen LogP contribution in [0.1, 0.15) is 277 Å². The van der Waals surface area contributed by atoms with E-state index in [1.807, 2.05) is 6.08 Å². The average Bonchev–Trinajstić information content (AvgIpc) is 3.26. The third kappa shape index (κ3) is 47.4. The first-order chi connectivity index (χ1) is 30.0. The molecule has 0 aromatic rings. The van der Waals surface area contributed by atoms with E-state index in [1.165, 1.54) is 167 Å². The SMILES string of the molecule is CCCC/C=C\CCCCCCCC(=O)OCCCCC/C=C\CCCCCCCC(=O)NC(CO)C(O)/C=C/CCCCCCCCCCCCCCCCCCCCC. The lowest BCUT2D eigenvalue weighted by Crippen LogP contribution is -2.45. The first-order valence-corrected chi connectivity index (χ1v) is 26.8. The minimum absolute atomic E-state index is 0.0356. The molecule has 3 N–H and O–H groups in total. The molecule has 0 aliphatic rings. The maximum absolute atomic E-state index is 12.4. The molecular weight excluding hydrogens is 755 g/mol. The number of hydrogen-bond donors (Lipinski definition) is 3. The summed E-state index contributed by atoms with van der Waals surface area (Å²) in [6.45, 7) is 4.80. The van der Waals surface area contributed by atoms with E-state index in [4.69, 9.17) is 4.74 Å². The fraction of sp³-hybridized carbons (Fsp3) is 0.855. The van der Waals surface area contributed by atoms with Gasteiger partial charge in [0, 0.05) is 12.8 Å². The molecule has 61 heavy (non-hydrogen) atoms. The normalized spacial score (nSPS) is 12.9. The van der Waals surface area contributed by atoms with Crippen molar-refractivity contribution in [2.45, 2.75) is 289 Å². The minimum Gasteiger partial charge on any atom is -0.466 e. The number of carbonyl (C=O) groups is 2. The predicted octanol–water partition coefficient (Wildman–Crippen LogP) is 16.1. The van der Waals surface area contributed by atoms with Crippen LogP contribution >= 0.6 is 0 Å². The lowest BCUT2D eigenvalue weighted by molar-refractivity contribution is -0.143. The van der Waals surface area contributed by atoms with Crippen LogP contribution in [0, 0.1) is 0 Å². The first kappa shape index (κ1) is 59.1. The molecule has 358 valence electrons. The topological polar surface area (TPSA) is 95.9 Å². The van der Waals surface area contributed by atoms with Crippen LogP contribution in [0.3, 0.4) is 0 Å². The quantitative estimate of drug-likeness (QED) is 0.0322. The van der Waals surface area contributed by atoms with Crippen molar-refractivity contribution in [1.29, 1.82) is 0 Å². The average molecular weight is 858 g/mol. The van der Waals surface area contributed by atoms with Gasteiger partial charge in [0.2, 0.25) is 5.91 Å². The van der Waals surface area contributed by atoms with Gasteiger partial charge in [-0.15, -0.1) is 0 Å². The lowest BCUT2D eigenvalue weighted by Gasteiger charge is -2.20. The summed E-state index contributed by atoms with van der Waals surface area (Å²) < 4.78 is 5.42. The van der Waals surface area contributed by atoms with Crippen molar-refractivity contribution in [3.05, 3.63) is 36.5 Å². The van der Waals surface area contributed by atoms with Crippen molar-refractivity contribution in [3.8, 4) is 0 Å². The van der Waals surface area contributed by atoms with Gasteiger partial charge in [-0.1, -0.05) is 217 Å². The molecule has 1 amide bonds. The highest BCUT2D eigenvalue weighted by Crippen LogP contribution is 2.16. The number of nitrogens with one attached hydrogen (secondary N) is 1.